The van der Waals surface area contributed by atoms with Crippen molar-refractivity contribution in [3.63, 3.8) is 0 Å². The van der Waals surface area contributed by atoms with E-state index in [1.807, 2.05) is 38.1 Å². The Balaban J connectivity index is 1.73. The molecule has 27 heavy (non-hydrogen) atoms. The number of H-pyrrole nitrogens is 1. The quantitative estimate of drug-likeness (QED) is 0.769. The van der Waals surface area contributed by atoms with Crippen molar-refractivity contribution in [2.45, 2.75) is 32.6 Å². The highest BCUT2D eigenvalue weighted by Gasteiger charge is 2.34. The molecule has 7 nitrogen and oxygen atoms in total. The molecule has 1 unspecified atom stereocenters. The van der Waals surface area contributed by atoms with E-state index in [0.29, 0.717) is 30.1 Å². The van der Waals surface area contributed by atoms with Gasteiger partial charge in [-0.15, -0.1) is 0 Å². The summed E-state index contributed by atoms with van der Waals surface area (Å²) >= 11 is 0. The van der Waals surface area contributed by atoms with E-state index in [0.717, 1.165) is 23.4 Å². The minimum atomic E-state index is -0.152. The highest BCUT2D eigenvalue weighted by molar-refractivity contribution is 5.97. The first-order valence-electron chi connectivity index (χ1n) is 9.08. The molecule has 1 fully saturated rings. The van der Waals surface area contributed by atoms with E-state index in [2.05, 4.69) is 5.10 Å². The fourth-order valence-electron chi connectivity index (χ4n) is 3.84. The summed E-state index contributed by atoms with van der Waals surface area (Å²) in [6.45, 7) is 4.46. The van der Waals surface area contributed by atoms with Gasteiger partial charge < -0.3 is 9.64 Å². The molecular weight excluding hydrogens is 344 g/mol. The lowest BCUT2D eigenvalue weighted by molar-refractivity contribution is -0.117. The summed E-state index contributed by atoms with van der Waals surface area (Å²) in [5, 5.41) is 3.07. The van der Waals surface area contributed by atoms with Crippen LogP contribution in [0.25, 0.3) is 5.65 Å². The maximum absolute atomic E-state index is 12.7. The third-order valence-corrected chi connectivity index (χ3v) is 5.21. The summed E-state index contributed by atoms with van der Waals surface area (Å²) in [5.41, 5.74) is 3.88. The van der Waals surface area contributed by atoms with Crippen molar-refractivity contribution >= 4 is 17.2 Å². The number of hydrogen-bond acceptors (Lipinski definition) is 4. The molecule has 3 heterocycles. The van der Waals surface area contributed by atoms with Gasteiger partial charge in [0.05, 0.1) is 18.5 Å². The molecule has 7 heteroatoms. The zero-order chi connectivity index (χ0) is 19.1. The second kappa shape index (κ2) is 6.57. The van der Waals surface area contributed by atoms with E-state index >= 15 is 0 Å². The summed E-state index contributed by atoms with van der Waals surface area (Å²) in [6.07, 6.45) is 1.11. The molecule has 1 aromatic carbocycles. The Bertz CT molecular complexity index is 1080. The lowest BCUT2D eigenvalue weighted by atomic mass is 10.0. The number of fused-ring (bicyclic) bond motifs is 1. The molecule has 1 N–H and O–H groups in total. The molecule has 0 bridgehead atoms. The van der Waals surface area contributed by atoms with E-state index < -0.39 is 0 Å². The first-order valence-corrected chi connectivity index (χ1v) is 9.08. The highest BCUT2D eigenvalue weighted by atomic mass is 16.5. The van der Waals surface area contributed by atoms with Crippen molar-refractivity contribution in [1.29, 1.82) is 0 Å². The Morgan fingerprint density at radius 1 is 1.30 bits per heavy atom. The van der Waals surface area contributed by atoms with Crippen LogP contribution in [0.4, 0.5) is 5.69 Å². The van der Waals surface area contributed by atoms with Gasteiger partial charge in [-0.25, -0.2) is 9.50 Å². The third kappa shape index (κ3) is 2.79. The van der Waals surface area contributed by atoms with Gasteiger partial charge in [0.2, 0.25) is 5.91 Å². The smallest absolute Gasteiger partial charge is 0.272 e. The van der Waals surface area contributed by atoms with Gasteiger partial charge in [0.1, 0.15) is 5.75 Å². The summed E-state index contributed by atoms with van der Waals surface area (Å²) < 4.78 is 6.87. The number of carbonyl (C=O) groups excluding carboxylic acids is 1. The zero-order valence-electron chi connectivity index (χ0n) is 15.7. The van der Waals surface area contributed by atoms with E-state index in [1.165, 1.54) is 10.6 Å². The predicted octanol–water partition coefficient (Wildman–Crippen LogP) is 2.42. The average Bonchev–Trinajstić information content (AvgIpc) is 3.21. The number of aromatic amines is 1. The molecule has 0 aliphatic carbocycles. The van der Waals surface area contributed by atoms with Crippen molar-refractivity contribution in [3.05, 3.63) is 57.6 Å². The number of nitrogens with zero attached hydrogens (tertiary/aromatic N) is 3. The van der Waals surface area contributed by atoms with Gasteiger partial charge >= 0.3 is 0 Å². The van der Waals surface area contributed by atoms with Gasteiger partial charge in [-0.05, 0) is 25.5 Å². The fourth-order valence-corrected chi connectivity index (χ4v) is 3.84. The molecule has 0 saturated carbocycles. The number of anilines is 1. The highest BCUT2D eigenvalue weighted by Crippen LogP contribution is 2.35. The molecular formula is C20H22N4O3. The van der Waals surface area contributed by atoms with Gasteiger partial charge in [-0.2, -0.15) is 0 Å². The van der Waals surface area contributed by atoms with E-state index in [4.69, 9.17) is 9.72 Å². The lowest BCUT2D eigenvalue weighted by Crippen LogP contribution is -2.25. The summed E-state index contributed by atoms with van der Waals surface area (Å²) in [6, 6.07) is 8.99. The molecule has 0 spiro atoms. The number of para-hydroxylation sites is 2. The van der Waals surface area contributed by atoms with E-state index in [9.17, 15) is 9.59 Å². The lowest BCUT2D eigenvalue weighted by Gasteiger charge is -2.19. The minimum absolute atomic E-state index is 0.00691. The molecule has 1 saturated heterocycles. The van der Waals surface area contributed by atoms with Crippen LogP contribution in [0.5, 0.6) is 5.75 Å². The molecule has 0 radical (unpaired) electrons. The molecule has 1 aliphatic rings. The number of methoxy groups -OCH3 is 1. The first kappa shape index (κ1) is 17.3. The van der Waals surface area contributed by atoms with Gasteiger partial charge in [-0.1, -0.05) is 19.1 Å². The normalized spacial score (nSPS) is 17.1. The average molecular weight is 366 g/mol. The molecule has 140 valence electrons. The van der Waals surface area contributed by atoms with Gasteiger partial charge in [0, 0.05) is 36.2 Å². The second-order valence-electron chi connectivity index (χ2n) is 6.82. The number of hydrogen-bond donors (Lipinski definition) is 1. The molecule has 3 aromatic rings. The van der Waals surface area contributed by atoms with Gasteiger partial charge in [0.15, 0.2) is 5.65 Å². The molecule has 1 aliphatic heterocycles. The standard InChI is InChI=1S/C20H22N4O3/c1-4-14-12(2)22-24-19(26)10-15(21-20(14)24)13-9-18(25)23(11-13)16-7-5-6-8-17(16)27-3/h5-8,10,13,22H,4,9,11H2,1-3H3. The SMILES string of the molecule is CCc1c(C)[nH]n2c(=O)cc(C3CC(=O)N(c4ccccc4OC)C3)nc12. The van der Waals surface area contributed by atoms with Gasteiger partial charge in [-0.3, -0.25) is 14.7 Å². The van der Waals surface area contributed by atoms with Crippen LogP contribution in [0.15, 0.2) is 35.1 Å². The minimum Gasteiger partial charge on any atom is -0.495 e. The monoisotopic (exact) mass is 366 g/mol. The molecule has 1 amide bonds. The van der Waals surface area contributed by atoms with Crippen molar-refractivity contribution in [2.24, 2.45) is 0 Å². The maximum Gasteiger partial charge on any atom is 0.272 e. The van der Waals surface area contributed by atoms with Crippen LogP contribution in [0.2, 0.25) is 0 Å². The van der Waals surface area contributed by atoms with E-state index in [1.54, 1.807) is 12.0 Å². The number of benzene rings is 1. The van der Waals surface area contributed by atoms with Crippen LogP contribution in [-0.4, -0.2) is 34.2 Å². The zero-order valence-corrected chi connectivity index (χ0v) is 15.7. The Labute approximate surface area is 156 Å². The summed E-state index contributed by atoms with van der Waals surface area (Å²) in [4.78, 5) is 31.7. The summed E-state index contributed by atoms with van der Waals surface area (Å²) in [7, 11) is 1.59. The van der Waals surface area contributed by atoms with Crippen molar-refractivity contribution in [3.8, 4) is 5.75 Å². The van der Waals surface area contributed by atoms with Crippen LogP contribution in [-0.2, 0) is 11.2 Å². The molecule has 4 rings (SSSR count). The number of amides is 1. The maximum atomic E-state index is 12.7. The second-order valence-corrected chi connectivity index (χ2v) is 6.82. The van der Waals surface area contributed by atoms with Crippen LogP contribution in [0.1, 0.15) is 36.2 Å². The Kier molecular flexibility index (Phi) is 4.22. The van der Waals surface area contributed by atoms with Crippen LogP contribution in [0, 0.1) is 6.92 Å². The Hall–Kier alpha value is -3.09. The number of ether oxygens (including phenoxy) is 1. The van der Waals surface area contributed by atoms with Crippen molar-refractivity contribution in [1.82, 2.24) is 14.6 Å². The predicted molar refractivity (Wildman–Crippen MR) is 103 cm³/mol. The van der Waals surface area contributed by atoms with Gasteiger partial charge in [0.25, 0.3) is 5.56 Å². The number of aromatic nitrogens is 3. The van der Waals surface area contributed by atoms with E-state index in [-0.39, 0.29) is 17.4 Å². The Morgan fingerprint density at radius 2 is 2.07 bits per heavy atom. The third-order valence-electron chi connectivity index (χ3n) is 5.21. The first-order chi connectivity index (χ1) is 13.0. The fraction of sp³-hybridized carbons (Fsp3) is 0.350. The summed E-state index contributed by atoms with van der Waals surface area (Å²) in [5.74, 6) is 0.539. The van der Waals surface area contributed by atoms with Crippen molar-refractivity contribution in [2.75, 3.05) is 18.6 Å². The van der Waals surface area contributed by atoms with Crippen molar-refractivity contribution < 1.29 is 9.53 Å². The number of rotatable bonds is 4. The van der Waals surface area contributed by atoms with Crippen LogP contribution in [0.3, 0.4) is 0 Å². The Morgan fingerprint density at radius 3 is 2.81 bits per heavy atom. The number of carbonyl (C=O) groups is 1. The molecule has 1 atom stereocenters. The molecule has 2 aromatic heterocycles. The largest absolute Gasteiger partial charge is 0.495 e. The van der Waals surface area contributed by atoms with Crippen LogP contribution >= 0.6 is 0 Å². The van der Waals surface area contributed by atoms with Crippen LogP contribution < -0.4 is 15.2 Å². The number of aryl methyl sites for hydroxylation is 2. The topological polar surface area (TPSA) is 79.7 Å². The number of nitrogens with one attached hydrogen (secondary N) is 1.